The lowest BCUT2D eigenvalue weighted by molar-refractivity contribution is -0.143. The fraction of sp³-hybridized carbons (Fsp3) is 0.300. The van der Waals surface area contributed by atoms with E-state index in [1.165, 1.54) is 6.92 Å². The lowest BCUT2D eigenvalue weighted by atomic mass is 9.89. The maximum atomic E-state index is 10.9. The fourth-order valence-corrected chi connectivity index (χ4v) is 1.32. The van der Waals surface area contributed by atoms with Crippen LogP contribution in [0.4, 0.5) is 0 Å². The first-order valence-electron chi connectivity index (χ1n) is 4.31. The van der Waals surface area contributed by atoms with Crippen molar-refractivity contribution in [2.75, 3.05) is 0 Å². The van der Waals surface area contributed by atoms with Crippen molar-refractivity contribution in [3.63, 3.8) is 0 Å². The molecule has 1 aromatic rings. The highest BCUT2D eigenvalue weighted by molar-refractivity contribution is 5.80. The maximum Gasteiger partial charge on any atom is 0.328 e. The van der Waals surface area contributed by atoms with Crippen LogP contribution in [0.15, 0.2) is 24.3 Å². The van der Waals surface area contributed by atoms with Crippen LogP contribution in [0.5, 0.6) is 0 Å². The molecule has 0 heterocycles. The molecular weight excluding hydrogens is 180 g/mol. The Morgan fingerprint density at radius 1 is 1.50 bits per heavy atom. The fourth-order valence-electron chi connectivity index (χ4n) is 1.32. The van der Waals surface area contributed by atoms with Crippen LogP contribution in [0.1, 0.15) is 18.1 Å². The zero-order chi connectivity index (χ0) is 10.8. The van der Waals surface area contributed by atoms with Crippen molar-refractivity contribution in [3.8, 4) is 0 Å². The Kier molecular flexibility index (Phi) is 2.88. The second-order valence-electron chi connectivity index (χ2n) is 3.37. The highest BCUT2D eigenvalue weighted by Crippen LogP contribution is 2.21. The van der Waals surface area contributed by atoms with Crippen LogP contribution in [0.3, 0.4) is 0 Å². The summed E-state index contributed by atoms with van der Waals surface area (Å²) in [5.41, 5.74) is 11.2. The smallest absolute Gasteiger partial charge is 0.328 e. The molecule has 76 valence electrons. The number of aliphatic carboxylic acids is 1. The highest BCUT2D eigenvalue weighted by atomic mass is 16.4. The molecule has 14 heavy (non-hydrogen) atoms. The summed E-state index contributed by atoms with van der Waals surface area (Å²) < 4.78 is 0. The van der Waals surface area contributed by atoms with Gasteiger partial charge in [-0.15, -0.1) is 0 Å². The maximum absolute atomic E-state index is 10.9. The predicted molar refractivity (Wildman–Crippen MR) is 53.5 cm³/mol. The van der Waals surface area contributed by atoms with Gasteiger partial charge >= 0.3 is 5.97 Å². The molecule has 1 rings (SSSR count). The Hall–Kier alpha value is -1.39. The average Bonchev–Trinajstić information content (AvgIpc) is 2.17. The van der Waals surface area contributed by atoms with Gasteiger partial charge in [0.25, 0.3) is 0 Å². The van der Waals surface area contributed by atoms with Gasteiger partial charge in [0.1, 0.15) is 5.54 Å². The van der Waals surface area contributed by atoms with Crippen molar-refractivity contribution < 1.29 is 9.90 Å². The molecule has 0 aliphatic carbocycles. The van der Waals surface area contributed by atoms with Gasteiger partial charge in [-0.2, -0.15) is 0 Å². The van der Waals surface area contributed by atoms with Gasteiger partial charge in [-0.25, -0.2) is 4.79 Å². The summed E-state index contributed by atoms with van der Waals surface area (Å²) in [5.74, 6) is -1.06. The normalized spacial score (nSPS) is 14.8. The second kappa shape index (κ2) is 3.77. The number of hydrogen-bond donors (Lipinski definition) is 3. The molecule has 0 aliphatic heterocycles. The molecule has 0 spiro atoms. The first-order valence-corrected chi connectivity index (χ1v) is 4.31. The molecule has 4 heteroatoms. The molecule has 0 radical (unpaired) electrons. The van der Waals surface area contributed by atoms with Gasteiger partial charge < -0.3 is 16.6 Å². The van der Waals surface area contributed by atoms with Crippen molar-refractivity contribution in [1.29, 1.82) is 0 Å². The molecule has 1 aromatic carbocycles. The molecule has 4 nitrogen and oxygen atoms in total. The molecule has 1 atom stereocenters. The number of carbonyl (C=O) groups is 1. The van der Waals surface area contributed by atoms with Crippen LogP contribution >= 0.6 is 0 Å². The molecule has 0 bridgehead atoms. The first-order chi connectivity index (χ1) is 6.50. The van der Waals surface area contributed by atoms with Crippen LogP contribution in [0.2, 0.25) is 0 Å². The second-order valence-corrected chi connectivity index (χ2v) is 3.37. The Bertz CT molecular complexity index is 348. The van der Waals surface area contributed by atoms with Crippen molar-refractivity contribution in [2.45, 2.75) is 19.0 Å². The van der Waals surface area contributed by atoms with E-state index in [9.17, 15) is 4.79 Å². The molecule has 0 saturated carbocycles. The topological polar surface area (TPSA) is 89.3 Å². The summed E-state index contributed by atoms with van der Waals surface area (Å²) in [7, 11) is 0. The van der Waals surface area contributed by atoms with E-state index in [0.29, 0.717) is 5.56 Å². The SMILES string of the molecule is C[C@](N)(C(=O)O)c1ccccc1CN. The van der Waals surface area contributed by atoms with Gasteiger partial charge in [-0.1, -0.05) is 24.3 Å². The van der Waals surface area contributed by atoms with E-state index in [-0.39, 0.29) is 6.54 Å². The number of carboxylic acids is 1. The van der Waals surface area contributed by atoms with Gasteiger partial charge in [0.15, 0.2) is 0 Å². The average molecular weight is 194 g/mol. The molecule has 0 fully saturated rings. The molecule has 0 aromatic heterocycles. The zero-order valence-electron chi connectivity index (χ0n) is 8.03. The Morgan fingerprint density at radius 2 is 2.07 bits per heavy atom. The Morgan fingerprint density at radius 3 is 2.57 bits per heavy atom. The van der Waals surface area contributed by atoms with E-state index in [2.05, 4.69) is 0 Å². The van der Waals surface area contributed by atoms with E-state index < -0.39 is 11.5 Å². The standard InChI is InChI=1S/C10H14N2O2/c1-10(12,9(13)14)8-5-3-2-4-7(8)6-11/h2-5H,6,11-12H2,1H3,(H,13,14)/t10-/m1/s1. The van der Waals surface area contributed by atoms with Gasteiger partial charge in [0.2, 0.25) is 0 Å². The first kappa shape index (κ1) is 10.7. The summed E-state index contributed by atoms with van der Waals surface area (Å²) in [4.78, 5) is 10.9. The largest absolute Gasteiger partial charge is 0.480 e. The number of benzene rings is 1. The summed E-state index contributed by atoms with van der Waals surface area (Å²) in [6, 6.07) is 7.03. The van der Waals surface area contributed by atoms with Crippen molar-refractivity contribution in [3.05, 3.63) is 35.4 Å². The van der Waals surface area contributed by atoms with Crippen molar-refractivity contribution in [1.82, 2.24) is 0 Å². The van der Waals surface area contributed by atoms with E-state index in [1.54, 1.807) is 18.2 Å². The number of nitrogens with two attached hydrogens (primary N) is 2. The third kappa shape index (κ3) is 1.76. The van der Waals surface area contributed by atoms with E-state index in [0.717, 1.165) is 5.56 Å². The van der Waals surface area contributed by atoms with Crippen LogP contribution in [0.25, 0.3) is 0 Å². The molecular formula is C10H14N2O2. The quantitative estimate of drug-likeness (QED) is 0.650. The molecule has 5 N–H and O–H groups in total. The minimum absolute atomic E-state index is 0.288. The molecule has 0 amide bonds. The Labute approximate surface area is 82.5 Å². The summed E-state index contributed by atoms with van der Waals surface area (Å²) in [6.07, 6.45) is 0. The third-order valence-corrected chi connectivity index (χ3v) is 2.24. The Balaban J connectivity index is 3.24. The number of rotatable bonds is 3. The van der Waals surface area contributed by atoms with Gasteiger partial charge in [0, 0.05) is 6.54 Å². The van der Waals surface area contributed by atoms with E-state index in [4.69, 9.17) is 16.6 Å². The molecule has 0 unspecified atom stereocenters. The summed E-state index contributed by atoms with van der Waals surface area (Å²) in [5, 5.41) is 8.95. The molecule has 0 aliphatic rings. The van der Waals surface area contributed by atoms with Crippen LogP contribution in [-0.4, -0.2) is 11.1 Å². The van der Waals surface area contributed by atoms with Gasteiger partial charge in [-0.05, 0) is 18.1 Å². The third-order valence-electron chi connectivity index (χ3n) is 2.24. The van der Waals surface area contributed by atoms with Crippen molar-refractivity contribution in [2.24, 2.45) is 11.5 Å². The lowest BCUT2D eigenvalue weighted by Crippen LogP contribution is -2.42. The summed E-state index contributed by atoms with van der Waals surface area (Å²) in [6.45, 7) is 1.75. The van der Waals surface area contributed by atoms with Gasteiger partial charge in [0.05, 0.1) is 0 Å². The lowest BCUT2D eigenvalue weighted by Gasteiger charge is -2.22. The minimum atomic E-state index is -1.38. The van der Waals surface area contributed by atoms with Crippen LogP contribution < -0.4 is 11.5 Å². The van der Waals surface area contributed by atoms with Gasteiger partial charge in [-0.3, -0.25) is 0 Å². The van der Waals surface area contributed by atoms with Crippen LogP contribution in [-0.2, 0) is 16.9 Å². The molecule has 0 saturated heterocycles. The number of carboxylic acid groups (broad SMARTS) is 1. The van der Waals surface area contributed by atoms with E-state index in [1.807, 2.05) is 6.07 Å². The van der Waals surface area contributed by atoms with Crippen molar-refractivity contribution >= 4 is 5.97 Å². The minimum Gasteiger partial charge on any atom is -0.480 e. The van der Waals surface area contributed by atoms with E-state index >= 15 is 0 Å². The van der Waals surface area contributed by atoms with Crippen LogP contribution in [0, 0.1) is 0 Å². The monoisotopic (exact) mass is 194 g/mol. The highest BCUT2D eigenvalue weighted by Gasteiger charge is 2.31. The summed E-state index contributed by atoms with van der Waals surface area (Å²) >= 11 is 0. The predicted octanol–water partition coefficient (Wildman–Crippen LogP) is 0.404. The number of hydrogen-bond acceptors (Lipinski definition) is 3. The zero-order valence-corrected chi connectivity index (χ0v) is 8.03.